The summed E-state index contributed by atoms with van der Waals surface area (Å²) in [7, 11) is -1.87. The highest BCUT2D eigenvalue weighted by molar-refractivity contribution is 14.0. The maximum Gasteiger partial charge on any atom is 0.241 e. The molecule has 0 bridgehead atoms. The first kappa shape index (κ1) is 26.6. The van der Waals surface area contributed by atoms with Gasteiger partial charge in [-0.15, -0.1) is 24.0 Å². The zero-order chi connectivity index (χ0) is 22.6. The molecule has 3 rings (SSSR count). The topological polar surface area (TPSA) is 91.6 Å². The number of benzene rings is 1. The molecule has 0 saturated carbocycles. The Morgan fingerprint density at radius 3 is 2.62 bits per heavy atom. The number of halogens is 1. The van der Waals surface area contributed by atoms with Crippen molar-refractivity contribution in [2.45, 2.75) is 57.1 Å². The van der Waals surface area contributed by atoms with Gasteiger partial charge >= 0.3 is 0 Å². The summed E-state index contributed by atoms with van der Waals surface area (Å²) < 4.78 is 30.7. The first-order chi connectivity index (χ1) is 14.6. The maximum absolute atomic E-state index is 12.9. The van der Waals surface area contributed by atoms with Crippen LogP contribution in [-0.4, -0.2) is 54.5 Å². The summed E-state index contributed by atoms with van der Waals surface area (Å²) in [6.45, 7) is 9.86. The molecule has 1 aromatic heterocycles. The molecular weight excluding hydrogens is 539 g/mol. The fourth-order valence-corrected chi connectivity index (χ4v) is 5.63. The van der Waals surface area contributed by atoms with Crippen LogP contribution in [0.5, 0.6) is 0 Å². The first-order valence-corrected chi connectivity index (χ1v) is 12.1. The maximum atomic E-state index is 12.9. The molecule has 0 amide bonds. The van der Waals surface area contributed by atoms with E-state index in [0.717, 1.165) is 25.5 Å². The van der Waals surface area contributed by atoms with Crippen LogP contribution < -0.4 is 10.0 Å². The van der Waals surface area contributed by atoms with E-state index in [0.29, 0.717) is 24.1 Å². The van der Waals surface area contributed by atoms with Gasteiger partial charge in [0, 0.05) is 44.6 Å². The highest BCUT2D eigenvalue weighted by Crippen LogP contribution is 2.27. The normalized spacial score (nSPS) is 20.0. The van der Waals surface area contributed by atoms with Crippen molar-refractivity contribution in [1.29, 1.82) is 0 Å². The fourth-order valence-electron chi connectivity index (χ4n) is 3.97. The van der Waals surface area contributed by atoms with Crippen LogP contribution in [0.15, 0.2) is 52.9 Å². The van der Waals surface area contributed by atoms with E-state index in [1.165, 1.54) is 0 Å². The predicted octanol–water partition coefficient (Wildman–Crippen LogP) is 3.24. The molecule has 32 heavy (non-hydrogen) atoms. The van der Waals surface area contributed by atoms with E-state index in [2.05, 4.69) is 36.4 Å². The van der Waals surface area contributed by atoms with E-state index in [-0.39, 0.29) is 28.9 Å². The van der Waals surface area contributed by atoms with Gasteiger partial charge in [-0.2, -0.15) is 0 Å². The summed E-state index contributed by atoms with van der Waals surface area (Å²) in [5.41, 5.74) is 0.152. The number of nitrogens with zero attached hydrogens (tertiary/aromatic N) is 4. The quantitative estimate of drug-likeness (QED) is 0.325. The highest BCUT2D eigenvalue weighted by Gasteiger charge is 2.29. The first-order valence-electron chi connectivity index (χ1n) is 10.7. The number of guanidine groups is 1. The highest BCUT2D eigenvalue weighted by atomic mass is 127. The van der Waals surface area contributed by atoms with Gasteiger partial charge in [-0.25, -0.2) is 18.1 Å². The second-order valence-corrected chi connectivity index (χ2v) is 10.8. The van der Waals surface area contributed by atoms with E-state index in [1.807, 2.05) is 51.6 Å². The Balaban J connectivity index is 0.00000363. The van der Waals surface area contributed by atoms with E-state index in [1.54, 1.807) is 19.2 Å². The van der Waals surface area contributed by atoms with Gasteiger partial charge < -0.3 is 14.8 Å². The van der Waals surface area contributed by atoms with Gasteiger partial charge in [-0.05, 0) is 44.7 Å². The Morgan fingerprint density at radius 2 is 2.00 bits per heavy atom. The lowest BCUT2D eigenvalue weighted by Gasteiger charge is -2.39. The molecule has 0 aliphatic carbocycles. The lowest BCUT2D eigenvalue weighted by molar-refractivity contribution is 0.189. The van der Waals surface area contributed by atoms with Gasteiger partial charge in [0.1, 0.15) is 0 Å². The lowest BCUT2D eigenvalue weighted by atomic mass is 9.93. The van der Waals surface area contributed by atoms with E-state index in [4.69, 9.17) is 0 Å². The van der Waals surface area contributed by atoms with Crippen molar-refractivity contribution in [3.63, 3.8) is 0 Å². The number of sulfonamides is 1. The van der Waals surface area contributed by atoms with Crippen LogP contribution in [0.3, 0.4) is 0 Å². The van der Waals surface area contributed by atoms with E-state index in [9.17, 15) is 8.42 Å². The summed E-state index contributed by atoms with van der Waals surface area (Å²) in [4.78, 5) is 11.2. The molecule has 2 N–H and O–H groups in total. The lowest BCUT2D eigenvalue weighted by Crippen LogP contribution is -2.48. The van der Waals surface area contributed by atoms with Crippen molar-refractivity contribution in [3.8, 4) is 0 Å². The minimum atomic E-state index is -3.63. The zero-order valence-electron chi connectivity index (χ0n) is 19.4. The van der Waals surface area contributed by atoms with E-state index >= 15 is 0 Å². The standard InChI is InChI=1S/C22H34N6O2S.HI/c1-17-10-12-27(15-19(17)28-13-11-24-16-28)21(23-5)25-14-18-8-6-7-9-20(18)31(29,30)26-22(2,3)4;/h6-9,11,13,16-17,19,26H,10,12,14-15H2,1-5H3,(H,23,25);1H. The summed E-state index contributed by atoms with van der Waals surface area (Å²) in [6, 6.07) is 7.40. The van der Waals surface area contributed by atoms with Gasteiger partial charge in [0.2, 0.25) is 10.0 Å². The molecule has 2 heterocycles. The molecule has 1 saturated heterocycles. The van der Waals surface area contributed by atoms with Crippen LogP contribution in [-0.2, 0) is 16.6 Å². The minimum absolute atomic E-state index is 0. The number of likely N-dealkylation sites (tertiary alicyclic amines) is 1. The van der Waals surface area contributed by atoms with Crippen molar-refractivity contribution in [2.75, 3.05) is 20.1 Å². The molecule has 0 spiro atoms. The van der Waals surface area contributed by atoms with Crippen LogP contribution in [0.1, 0.15) is 45.7 Å². The fraction of sp³-hybridized carbons (Fsp3) is 0.545. The third-order valence-electron chi connectivity index (χ3n) is 5.48. The number of imidazole rings is 1. The largest absolute Gasteiger partial charge is 0.352 e. The number of rotatable bonds is 5. The molecule has 2 atom stereocenters. The van der Waals surface area contributed by atoms with Crippen LogP contribution in [0.4, 0.5) is 0 Å². The Bertz CT molecular complexity index is 1000. The second-order valence-electron chi connectivity index (χ2n) is 9.15. The van der Waals surface area contributed by atoms with Crippen molar-refractivity contribution in [2.24, 2.45) is 10.9 Å². The number of piperidine rings is 1. The van der Waals surface area contributed by atoms with Crippen LogP contribution >= 0.6 is 24.0 Å². The van der Waals surface area contributed by atoms with Crippen molar-refractivity contribution in [1.82, 2.24) is 24.5 Å². The van der Waals surface area contributed by atoms with Crippen LogP contribution in [0.25, 0.3) is 0 Å². The molecule has 8 nitrogen and oxygen atoms in total. The smallest absolute Gasteiger partial charge is 0.241 e. The third-order valence-corrected chi connectivity index (χ3v) is 7.34. The van der Waals surface area contributed by atoms with Crippen LogP contribution in [0.2, 0.25) is 0 Å². The summed E-state index contributed by atoms with van der Waals surface area (Å²) in [6.07, 6.45) is 6.72. The van der Waals surface area contributed by atoms with Gasteiger partial charge in [-0.3, -0.25) is 4.99 Å². The SMILES string of the molecule is CN=C(NCc1ccccc1S(=O)(=O)NC(C)(C)C)N1CCC(C)C(n2ccnc2)C1.I. The van der Waals surface area contributed by atoms with Gasteiger partial charge in [0.15, 0.2) is 5.96 Å². The molecule has 1 aliphatic heterocycles. The Kier molecular flexibility index (Phi) is 9.12. The Hall–Kier alpha value is -1.66. The second kappa shape index (κ2) is 11.0. The number of nitrogens with one attached hydrogen (secondary N) is 2. The van der Waals surface area contributed by atoms with Crippen LogP contribution in [0, 0.1) is 5.92 Å². The summed E-state index contributed by atoms with van der Waals surface area (Å²) >= 11 is 0. The summed E-state index contributed by atoms with van der Waals surface area (Å²) in [5.74, 6) is 1.31. The number of aliphatic imine (C=N–C) groups is 1. The van der Waals surface area contributed by atoms with Gasteiger partial charge in [-0.1, -0.05) is 25.1 Å². The Morgan fingerprint density at radius 1 is 1.28 bits per heavy atom. The minimum Gasteiger partial charge on any atom is -0.352 e. The predicted molar refractivity (Wildman–Crippen MR) is 139 cm³/mol. The Labute approximate surface area is 209 Å². The van der Waals surface area contributed by atoms with Gasteiger partial charge in [0.05, 0.1) is 17.3 Å². The molecule has 1 aromatic carbocycles. The molecule has 1 fully saturated rings. The van der Waals surface area contributed by atoms with Crippen molar-refractivity contribution >= 4 is 40.0 Å². The molecule has 10 heteroatoms. The van der Waals surface area contributed by atoms with Gasteiger partial charge in [0.25, 0.3) is 0 Å². The third kappa shape index (κ3) is 6.67. The number of hydrogen-bond acceptors (Lipinski definition) is 4. The molecule has 0 radical (unpaired) electrons. The van der Waals surface area contributed by atoms with Crippen molar-refractivity contribution in [3.05, 3.63) is 48.5 Å². The van der Waals surface area contributed by atoms with Crippen molar-refractivity contribution < 1.29 is 8.42 Å². The molecule has 2 aromatic rings. The average Bonchev–Trinajstić information content (AvgIpc) is 3.22. The molecule has 2 unspecified atom stereocenters. The zero-order valence-corrected chi connectivity index (χ0v) is 22.6. The average molecular weight is 575 g/mol. The van der Waals surface area contributed by atoms with E-state index < -0.39 is 15.6 Å². The molecular formula is C22H35IN6O2S. The number of aromatic nitrogens is 2. The molecule has 1 aliphatic rings. The summed E-state index contributed by atoms with van der Waals surface area (Å²) in [5, 5.41) is 3.37. The molecule has 178 valence electrons. The number of hydrogen-bond donors (Lipinski definition) is 2. The monoisotopic (exact) mass is 574 g/mol.